The van der Waals surface area contributed by atoms with Gasteiger partial charge in [0, 0.05) is 31.5 Å². The molecule has 0 radical (unpaired) electrons. The standard InChI is InChI=1S/C29H38Cl2N4O4/c1-18-14-35(19(2)17-36)29(38)22-5-4-6-25(33-28(37)21-9-11-32-12-10-21)27(22)39-26(18)16-34(3)15-20-7-8-23(30)24(31)13-20/h4-8,13,18-19,21,26,32,36H,9-12,14-17H2,1-3H3,(H,33,37)/t18-,19-,26+/m0/s1. The van der Waals surface area contributed by atoms with Crippen molar-refractivity contribution in [1.82, 2.24) is 15.1 Å². The number of fused-ring (bicyclic) bond motifs is 1. The van der Waals surface area contributed by atoms with Gasteiger partial charge in [-0.2, -0.15) is 0 Å². The van der Waals surface area contributed by atoms with Crippen molar-refractivity contribution >= 4 is 40.7 Å². The van der Waals surface area contributed by atoms with Gasteiger partial charge in [-0.1, -0.05) is 42.3 Å². The largest absolute Gasteiger partial charge is 0.486 e. The van der Waals surface area contributed by atoms with Crippen LogP contribution in [0.15, 0.2) is 36.4 Å². The molecule has 0 aromatic heterocycles. The number of carbonyl (C=O) groups is 2. The Kier molecular flexibility index (Phi) is 10.1. The lowest BCUT2D eigenvalue weighted by Gasteiger charge is -2.38. The number of benzene rings is 2. The van der Waals surface area contributed by atoms with Gasteiger partial charge in [0.1, 0.15) is 6.10 Å². The Labute approximate surface area is 240 Å². The summed E-state index contributed by atoms with van der Waals surface area (Å²) >= 11 is 12.3. The minimum Gasteiger partial charge on any atom is -0.486 e. The first-order valence-corrected chi connectivity index (χ1v) is 14.3. The summed E-state index contributed by atoms with van der Waals surface area (Å²) in [6.07, 6.45) is 1.23. The molecule has 10 heteroatoms. The van der Waals surface area contributed by atoms with Gasteiger partial charge in [0.15, 0.2) is 5.75 Å². The Morgan fingerprint density at radius 2 is 1.97 bits per heavy atom. The number of nitrogens with one attached hydrogen (secondary N) is 2. The third kappa shape index (κ3) is 7.24. The van der Waals surface area contributed by atoms with Gasteiger partial charge in [-0.05, 0) is 69.7 Å². The first-order chi connectivity index (χ1) is 18.7. The highest BCUT2D eigenvalue weighted by Crippen LogP contribution is 2.35. The normalized spacial score (nSPS) is 21.1. The van der Waals surface area contributed by atoms with Crippen molar-refractivity contribution in [3.8, 4) is 5.75 Å². The Morgan fingerprint density at radius 1 is 1.23 bits per heavy atom. The molecule has 212 valence electrons. The number of hydrogen-bond donors (Lipinski definition) is 3. The predicted molar refractivity (Wildman–Crippen MR) is 155 cm³/mol. The third-order valence-corrected chi connectivity index (χ3v) is 8.33. The molecule has 3 atom stereocenters. The van der Waals surface area contributed by atoms with Crippen LogP contribution in [0.1, 0.15) is 42.6 Å². The van der Waals surface area contributed by atoms with Gasteiger partial charge < -0.3 is 25.4 Å². The number of carbonyl (C=O) groups excluding carboxylic acids is 2. The summed E-state index contributed by atoms with van der Waals surface area (Å²) in [4.78, 5) is 30.7. The Bertz CT molecular complexity index is 1170. The molecule has 0 unspecified atom stereocenters. The van der Waals surface area contributed by atoms with E-state index in [1.165, 1.54) is 0 Å². The number of nitrogens with zero attached hydrogens (tertiary/aromatic N) is 2. The highest BCUT2D eigenvalue weighted by molar-refractivity contribution is 6.42. The maximum absolute atomic E-state index is 13.7. The SMILES string of the molecule is C[C@H]1CN([C@@H](C)CO)C(=O)c2cccc(NC(=O)C3CCNCC3)c2O[C@@H]1CN(C)Cc1ccc(Cl)c(Cl)c1. The second-order valence-electron chi connectivity index (χ2n) is 10.8. The van der Waals surface area contributed by atoms with Crippen molar-refractivity contribution in [2.45, 2.75) is 45.4 Å². The second kappa shape index (κ2) is 13.3. The van der Waals surface area contributed by atoms with Crippen LogP contribution in [0.5, 0.6) is 5.75 Å². The Balaban J connectivity index is 1.63. The Morgan fingerprint density at radius 3 is 2.67 bits per heavy atom. The molecule has 1 saturated heterocycles. The lowest BCUT2D eigenvalue weighted by molar-refractivity contribution is -0.120. The van der Waals surface area contributed by atoms with Crippen LogP contribution >= 0.6 is 23.2 Å². The second-order valence-corrected chi connectivity index (χ2v) is 11.6. The number of anilines is 1. The topological polar surface area (TPSA) is 94.1 Å². The van der Waals surface area contributed by atoms with Crippen molar-refractivity contribution in [3.63, 3.8) is 0 Å². The van der Waals surface area contributed by atoms with Gasteiger partial charge in [-0.15, -0.1) is 0 Å². The molecular formula is C29H38Cl2N4O4. The highest BCUT2D eigenvalue weighted by Gasteiger charge is 2.35. The van der Waals surface area contributed by atoms with Gasteiger partial charge in [-0.25, -0.2) is 0 Å². The number of likely N-dealkylation sites (N-methyl/N-ethyl adjacent to an activating group) is 1. The zero-order valence-corrected chi connectivity index (χ0v) is 24.3. The van der Waals surface area contributed by atoms with Gasteiger partial charge in [-0.3, -0.25) is 14.5 Å². The first-order valence-electron chi connectivity index (χ1n) is 13.5. The van der Waals surface area contributed by atoms with E-state index < -0.39 is 0 Å². The maximum Gasteiger partial charge on any atom is 0.258 e. The predicted octanol–water partition coefficient (Wildman–Crippen LogP) is 4.28. The van der Waals surface area contributed by atoms with E-state index >= 15 is 0 Å². The van der Waals surface area contributed by atoms with E-state index in [9.17, 15) is 14.7 Å². The zero-order valence-electron chi connectivity index (χ0n) is 22.8. The Hall–Kier alpha value is -2.36. The van der Waals surface area contributed by atoms with Crippen molar-refractivity contribution in [3.05, 3.63) is 57.6 Å². The summed E-state index contributed by atoms with van der Waals surface area (Å²) in [5.74, 6) is -0.0619. The van der Waals surface area contributed by atoms with Crippen LogP contribution in [-0.2, 0) is 11.3 Å². The van der Waals surface area contributed by atoms with E-state index in [-0.39, 0.29) is 42.4 Å². The number of hydrogen-bond acceptors (Lipinski definition) is 6. The van der Waals surface area contributed by atoms with Crippen molar-refractivity contribution in [1.29, 1.82) is 0 Å². The van der Waals surface area contributed by atoms with E-state index in [4.69, 9.17) is 27.9 Å². The zero-order chi connectivity index (χ0) is 28.1. The smallest absolute Gasteiger partial charge is 0.258 e. The third-order valence-electron chi connectivity index (χ3n) is 7.59. The molecule has 1 fully saturated rings. The van der Waals surface area contributed by atoms with Crippen LogP contribution in [0, 0.1) is 11.8 Å². The molecule has 0 bridgehead atoms. The van der Waals surface area contributed by atoms with E-state index in [2.05, 4.69) is 15.5 Å². The van der Waals surface area contributed by atoms with Crippen LogP contribution < -0.4 is 15.4 Å². The summed E-state index contributed by atoms with van der Waals surface area (Å²) in [6.45, 7) is 6.95. The molecule has 0 saturated carbocycles. The van der Waals surface area contributed by atoms with Crippen LogP contribution in [-0.4, -0.2) is 78.7 Å². The van der Waals surface area contributed by atoms with Crippen LogP contribution in [0.25, 0.3) is 0 Å². The maximum atomic E-state index is 13.7. The lowest BCUT2D eigenvalue weighted by atomic mass is 9.96. The molecule has 2 aliphatic rings. The molecule has 2 aromatic carbocycles. The molecule has 39 heavy (non-hydrogen) atoms. The minimum absolute atomic E-state index is 0.0551. The number of aliphatic hydroxyl groups excluding tert-OH is 1. The highest BCUT2D eigenvalue weighted by atomic mass is 35.5. The van der Waals surface area contributed by atoms with Gasteiger partial charge >= 0.3 is 0 Å². The number of halogens is 2. The minimum atomic E-state index is -0.367. The quantitative estimate of drug-likeness (QED) is 0.434. The van der Waals surface area contributed by atoms with Gasteiger partial charge in [0.2, 0.25) is 5.91 Å². The summed E-state index contributed by atoms with van der Waals surface area (Å²) in [7, 11) is 2.00. The lowest BCUT2D eigenvalue weighted by Crippen LogP contribution is -2.49. The van der Waals surface area contributed by atoms with E-state index in [0.717, 1.165) is 31.5 Å². The summed E-state index contributed by atoms with van der Waals surface area (Å²) in [5, 5.41) is 17.3. The summed E-state index contributed by atoms with van der Waals surface area (Å²) < 4.78 is 6.63. The number of amides is 2. The van der Waals surface area contributed by atoms with Gasteiger partial charge in [0.05, 0.1) is 33.9 Å². The summed E-state index contributed by atoms with van der Waals surface area (Å²) in [6, 6.07) is 10.5. The van der Waals surface area contributed by atoms with Crippen LogP contribution in [0.2, 0.25) is 10.0 Å². The molecule has 0 spiro atoms. The molecule has 2 amide bonds. The molecule has 3 N–H and O–H groups in total. The van der Waals surface area contributed by atoms with Gasteiger partial charge in [0.25, 0.3) is 5.91 Å². The van der Waals surface area contributed by atoms with Crippen LogP contribution in [0.3, 0.4) is 0 Å². The van der Waals surface area contributed by atoms with Crippen molar-refractivity contribution < 1.29 is 19.4 Å². The van der Waals surface area contributed by atoms with E-state index in [1.54, 1.807) is 29.2 Å². The number of ether oxygens (including phenoxy) is 1. The van der Waals surface area contributed by atoms with Crippen LogP contribution in [0.4, 0.5) is 5.69 Å². The molecule has 8 nitrogen and oxygen atoms in total. The fraction of sp³-hybridized carbons (Fsp3) is 0.517. The van der Waals surface area contributed by atoms with Crippen molar-refractivity contribution in [2.75, 3.05) is 45.2 Å². The average molecular weight is 578 g/mol. The first kappa shape index (κ1) is 29.6. The van der Waals surface area contributed by atoms with E-state index in [0.29, 0.717) is 46.7 Å². The molecule has 0 aliphatic carbocycles. The number of piperidine rings is 1. The molecular weight excluding hydrogens is 539 g/mol. The molecule has 2 heterocycles. The number of rotatable bonds is 8. The number of aliphatic hydroxyl groups is 1. The number of para-hydroxylation sites is 1. The average Bonchev–Trinajstić information content (AvgIpc) is 2.93. The fourth-order valence-electron chi connectivity index (χ4n) is 5.20. The monoisotopic (exact) mass is 576 g/mol. The molecule has 2 aromatic rings. The fourth-order valence-corrected chi connectivity index (χ4v) is 5.52. The molecule has 4 rings (SSSR count). The molecule has 2 aliphatic heterocycles. The van der Waals surface area contributed by atoms with E-state index in [1.807, 2.05) is 33.0 Å². The van der Waals surface area contributed by atoms with Crippen molar-refractivity contribution in [2.24, 2.45) is 11.8 Å². The summed E-state index contributed by atoms with van der Waals surface area (Å²) in [5.41, 5.74) is 1.89.